The highest BCUT2D eigenvalue weighted by Gasteiger charge is 2.53. The third-order valence-corrected chi connectivity index (χ3v) is 5.93. The summed E-state index contributed by atoms with van der Waals surface area (Å²) in [6, 6.07) is 6.73. The van der Waals surface area contributed by atoms with Gasteiger partial charge in [0.1, 0.15) is 17.3 Å². The molecule has 26 heavy (non-hydrogen) atoms. The van der Waals surface area contributed by atoms with Gasteiger partial charge in [-0.2, -0.15) is 14.0 Å². The number of thioether (sulfide) groups is 1. The van der Waals surface area contributed by atoms with E-state index in [0.717, 1.165) is 36.6 Å². The van der Waals surface area contributed by atoms with Crippen LogP contribution >= 0.6 is 11.8 Å². The molecule has 3 rings (SSSR count). The van der Waals surface area contributed by atoms with Crippen LogP contribution in [0.2, 0.25) is 0 Å². The predicted molar refractivity (Wildman–Crippen MR) is 85.4 cm³/mol. The van der Waals surface area contributed by atoms with Gasteiger partial charge in [-0.05, 0) is 36.0 Å². The second-order valence-electron chi connectivity index (χ2n) is 5.49. The van der Waals surface area contributed by atoms with E-state index in [0.29, 0.717) is 0 Å². The largest absolute Gasteiger partial charge is 0.457 e. The fourth-order valence-corrected chi connectivity index (χ4v) is 4.77. The fourth-order valence-electron chi connectivity index (χ4n) is 2.46. The Balaban J connectivity index is 2.15. The molecule has 2 aromatic rings. The standard InChI is InChI=1S/C16H9F4NO3S2/c1-26(22,23)12-3-2-11(13-14(12)25-16(19,20)15(13)18)24-10-5-8(7-21)4-9(17)6-10/h2-6,15H,1H3/t15-/m1/s1. The van der Waals surface area contributed by atoms with Crippen molar-refractivity contribution < 1.29 is 30.7 Å². The van der Waals surface area contributed by atoms with E-state index in [1.165, 1.54) is 0 Å². The molecule has 4 nitrogen and oxygen atoms in total. The SMILES string of the molecule is CS(=O)(=O)c1ccc(Oc2cc(F)cc(C#N)c2)c2c1SC(F)(F)[C@@H]2F. The van der Waals surface area contributed by atoms with Gasteiger partial charge in [0.2, 0.25) is 6.17 Å². The average Bonchev–Trinajstić information content (AvgIpc) is 2.76. The molecule has 0 saturated heterocycles. The number of nitrogens with zero attached hydrogens (tertiary/aromatic N) is 1. The van der Waals surface area contributed by atoms with Crippen LogP contribution in [0.5, 0.6) is 11.5 Å². The first-order chi connectivity index (χ1) is 12.0. The van der Waals surface area contributed by atoms with Gasteiger partial charge in [0.25, 0.3) is 0 Å². The van der Waals surface area contributed by atoms with Crippen LogP contribution in [0.3, 0.4) is 0 Å². The van der Waals surface area contributed by atoms with Crippen LogP contribution < -0.4 is 4.74 Å². The summed E-state index contributed by atoms with van der Waals surface area (Å²) in [5.41, 5.74) is -0.702. The van der Waals surface area contributed by atoms with Crippen LogP contribution in [-0.4, -0.2) is 19.9 Å². The van der Waals surface area contributed by atoms with Crippen LogP contribution in [0.25, 0.3) is 0 Å². The summed E-state index contributed by atoms with van der Waals surface area (Å²) < 4.78 is 84.4. The summed E-state index contributed by atoms with van der Waals surface area (Å²) in [7, 11) is -3.89. The summed E-state index contributed by atoms with van der Waals surface area (Å²) >= 11 is -0.203. The smallest absolute Gasteiger partial charge is 0.333 e. The van der Waals surface area contributed by atoms with Crippen LogP contribution in [0.15, 0.2) is 40.1 Å². The van der Waals surface area contributed by atoms with Crippen LogP contribution in [0.4, 0.5) is 17.6 Å². The first-order valence-corrected chi connectivity index (χ1v) is 9.70. The number of halogens is 4. The van der Waals surface area contributed by atoms with E-state index in [-0.39, 0.29) is 28.8 Å². The Hall–Kier alpha value is -2.25. The monoisotopic (exact) mass is 403 g/mol. The van der Waals surface area contributed by atoms with Crippen molar-refractivity contribution in [2.24, 2.45) is 0 Å². The molecule has 1 heterocycles. The van der Waals surface area contributed by atoms with E-state index in [2.05, 4.69) is 0 Å². The number of alkyl halides is 3. The van der Waals surface area contributed by atoms with Gasteiger partial charge in [0.05, 0.1) is 22.1 Å². The highest BCUT2D eigenvalue weighted by molar-refractivity contribution is 8.01. The first kappa shape index (κ1) is 18.5. The zero-order valence-corrected chi connectivity index (χ0v) is 14.6. The Morgan fingerprint density at radius 3 is 2.58 bits per heavy atom. The van der Waals surface area contributed by atoms with Gasteiger partial charge in [0, 0.05) is 17.2 Å². The summed E-state index contributed by atoms with van der Waals surface area (Å²) in [5, 5.41) is 4.97. The minimum absolute atomic E-state index is 0.0825. The molecule has 1 atom stereocenters. The average molecular weight is 403 g/mol. The molecule has 0 saturated carbocycles. The predicted octanol–water partition coefficient (Wildman–Crippen LogP) is 4.60. The van der Waals surface area contributed by atoms with Gasteiger partial charge >= 0.3 is 5.25 Å². The van der Waals surface area contributed by atoms with Crippen molar-refractivity contribution in [1.82, 2.24) is 0 Å². The van der Waals surface area contributed by atoms with E-state index in [4.69, 9.17) is 10.00 Å². The molecule has 136 valence electrons. The number of sulfone groups is 1. The Bertz CT molecular complexity index is 1050. The zero-order valence-electron chi connectivity index (χ0n) is 13.0. The van der Waals surface area contributed by atoms with Crippen molar-refractivity contribution in [3.05, 3.63) is 47.3 Å². The van der Waals surface area contributed by atoms with Crippen molar-refractivity contribution >= 4 is 21.6 Å². The van der Waals surface area contributed by atoms with E-state index in [1.54, 1.807) is 6.07 Å². The van der Waals surface area contributed by atoms with Crippen LogP contribution in [0, 0.1) is 17.1 Å². The molecule has 1 aliphatic rings. The Morgan fingerprint density at radius 1 is 1.27 bits per heavy atom. The molecule has 0 radical (unpaired) electrons. The minimum atomic E-state index is -3.89. The number of hydrogen-bond acceptors (Lipinski definition) is 5. The molecule has 0 N–H and O–H groups in total. The number of hydrogen-bond donors (Lipinski definition) is 0. The maximum atomic E-state index is 14.3. The Kier molecular flexibility index (Phi) is 4.40. The molecule has 0 bridgehead atoms. The first-order valence-electron chi connectivity index (χ1n) is 6.99. The molecule has 0 aliphatic carbocycles. The maximum absolute atomic E-state index is 14.3. The second kappa shape index (κ2) is 6.17. The normalized spacial score (nSPS) is 18.2. The van der Waals surface area contributed by atoms with Crippen molar-refractivity contribution in [3.8, 4) is 17.6 Å². The molecule has 0 aromatic heterocycles. The molecule has 0 spiro atoms. The topological polar surface area (TPSA) is 67.2 Å². The molecule has 1 aliphatic heterocycles. The number of fused-ring (bicyclic) bond motifs is 1. The number of rotatable bonds is 3. The van der Waals surface area contributed by atoms with E-state index < -0.39 is 42.4 Å². The number of ether oxygens (including phenoxy) is 1. The maximum Gasteiger partial charge on any atom is 0.333 e. The molecular formula is C16H9F4NO3S2. The van der Waals surface area contributed by atoms with Gasteiger partial charge in [0.15, 0.2) is 9.84 Å². The van der Waals surface area contributed by atoms with Crippen molar-refractivity contribution in [1.29, 1.82) is 5.26 Å². The fraction of sp³-hybridized carbons (Fsp3) is 0.188. The Morgan fingerprint density at radius 2 is 1.96 bits per heavy atom. The van der Waals surface area contributed by atoms with Gasteiger partial charge in [-0.3, -0.25) is 0 Å². The summed E-state index contributed by atoms with van der Waals surface area (Å²) in [6.45, 7) is 0. The third kappa shape index (κ3) is 3.24. The van der Waals surface area contributed by atoms with Crippen LogP contribution in [-0.2, 0) is 9.84 Å². The van der Waals surface area contributed by atoms with Gasteiger partial charge in [-0.15, -0.1) is 0 Å². The molecular weight excluding hydrogens is 394 g/mol. The quantitative estimate of drug-likeness (QED) is 0.701. The minimum Gasteiger partial charge on any atom is -0.457 e. The van der Waals surface area contributed by atoms with Gasteiger partial charge in [-0.1, -0.05) is 0 Å². The van der Waals surface area contributed by atoms with E-state index >= 15 is 0 Å². The lowest BCUT2D eigenvalue weighted by molar-refractivity contribution is 0.0179. The van der Waals surface area contributed by atoms with Crippen molar-refractivity contribution in [2.75, 3.05) is 6.26 Å². The van der Waals surface area contributed by atoms with E-state index in [1.807, 2.05) is 0 Å². The van der Waals surface area contributed by atoms with Gasteiger partial charge in [-0.25, -0.2) is 17.2 Å². The highest BCUT2D eigenvalue weighted by atomic mass is 32.2. The lowest BCUT2D eigenvalue weighted by atomic mass is 10.1. The molecule has 0 fully saturated rings. The number of benzene rings is 2. The molecule has 10 heteroatoms. The molecule has 0 unspecified atom stereocenters. The molecule has 2 aromatic carbocycles. The summed E-state index contributed by atoms with van der Waals surface area (Å²) in [4.78, 5) is -0.888. The summed E-state index contributed by atoms with van der Waals surface area (Å²) in [6.07, 6.45) is -1.98. The molecule has 0 amide bonds. The lowest BCUT2D eigenvalue weighted by Crippen LogP contribution is -2.12. The summed E-state index contributed by atoms with van der Waals surface area (Å²) in [5.74, 6) is -1.39. The highest BCUT2D eigenvalue weighted by Crippen LogP contribution is 2.60. The number of nitriles is 1. The van der Waals surface area contributed by atoms with Gasteiger partial charge < -0.3 is 4.74 Å². The zero-order chi connectivity index (χ0) is 19.3. The lowest BCUT2D eigenvalue weighted by Gasteiger charge is -2.14. The van der Waals surface area contributed by atoms with Crippen molar-refractivity contribution in [3.63, 3.8) is 0 Å². The Labute approximate surface area is 150 Å². The van der Waals surface area contributed by atoms with E-state index in [9.17, 15) is 26.0 Å². The third-order valence-electron chi connectivity index (χ3n) is 3.53. The van der Waals surface area contributed by atoms with Crippen LogP contribution in [0.1, 0.15) is 17.3 Å². The second-order valence-corrected chi connectivity index (χ2v) is 8.63. The van der Waals surface area contributed by atoms with Crippen molar-refractivity contribution in [2.45, 2.75) is 21.2 Å².